The van der Waals surface area contributed by atoms with E-state index >= 15 is 0 Å². The first-order chi connectivity index (χ1) is 6.86. The minimum absolute atomic E-state index is 0.325. The third-order valence-corrected chi connectivity index (χ3v) is 3.32. The highest BCUT2D eigenvalue weighted by atomic mass is 16.5. The van der Waals surface area contributed by atoms with E-state index in [0.29, 0.717) is 12.0 Å². The first kappa shape index (κ1) is 10.0. The summed E-state index contributed by atoms with van der Waals surface area (Å²) in [4.78, 5) is 0. The van der Waals surface area contributed by atoms with Crippen LogP contribution in [-0.4, -0.2) is 19.3 Å². The van der Waals surface area contributed by atoms with Gasteiger partial charge in [0.25, 0.3) is 0 Å². The van der Waals surface area contributed by atoms with Crippen LogP contribution in [0.2, 0.25) is 0 Å². The van der Waals surface area contributed by atoms with Crippen LogP contribution in [0.25, 0.3) is 0 Å². The van der Waals surface area contributed by atoms with Gasteiger partial charge in [0.05, 0.1) is 12.9 Å². The van der Waals surface area contributed by atoms with Crippen molar-refractivity contribution in [3.63, 3.8) is 0 Å². The molecule has 0 aromatic heterocycles. The number of hydrogen-bond donors (Lipinski definition) is 0. The average molecular weight is 196 g/mol. The zero-order valence-electron chi connectivity index (χ0n) is 9.00. The Hall–Kier alpha value is -0.500. The van der Waals surface area contributed by atoms with Crippen LogP contribution < -0.4 is 0 Å². The highest BCUT2D eigenvalue weighted by Gasteiger charge is 2.22. The molecule has 1 heterocycles. The Morgan fingerprint density at radius 3 is 2.86 bits per heavy atom. The number of ether oxygens (including phenoxy) is 2. The molecule has 2 atom stereocenters. The largest absolute Gasteiger partial charge is 0.498 e. The molecule has 0 N–H and O–H groups in total. The van der Waals surface area contributed by atoms with E-state index in [4.69, 9.17) is 9.47 Å². The fraction of sp³-hybridized carbons (Fsp3) is 0.833. The quantitative estimate of drug-likeness (QED) is 0.646. The van der Waals surface area contributed by atoms with Crippen molar-refractivity contribution in [3.8, 4) is 0 Å². The second-order valence-corrected chi connectivity index (χ2v) is 4.45. The van der Waals surface area contributed by atoms with Crippen LogP contribution in [0.4, 0.5) is 0 Å². The van der Waals surface area contributed by atoms with Gasteiger partial charge in [-0.15, -0.1) is 0 Å². The van der Waals surface area contributed by atoms with Gasteiger partial charge in [-0.1, -0.05) is 0 Å². The lowest BCUT2D eigenvalue weighted by molar-refractivity contribution is 0.0866. The SMILES string of the molecule is CC(OC=C1CCCC1)C1CCOC1. The lowest BCUT2D eigenvalue weighted by atomic mass is 10.0. The molecule has 0 aromatic rings. The maximum absolute atomic E-state index is 5.77. The van der Waals surface area contributed by atoms with E-state index in [0.717, 1.165) is 19.6 Å². The fourth-order valence-electron chi connectivity index (χ4n) is 2.18. The monoisotopic (exact) mass is 196 g/mol. The first-order valence-corrected chi connectivity index (χ1v) is 5.77. The summed E-state index contributed by atoms with van der Waals surface area (Å²) in [5.74, 6) is 0.605. The summed E-state index contributed by atoms with van der Waals surface area (Å²) in [7, 11) is 0. The van der Waals surface area contributed by atoms with Crippen LogP contribution in [0.3, 0.4) is 0 Å². The lowest BCUT2D eigenvalue weighted by Crippen LogP contribution is -2.18. The molecule has 0 amide bonds. The van der Waals surface area contributed by atoms with Crippen LogP contribution in [-0.2, 0) is 9.47 Å². The molecule has 1 aliphatic carbocycles. The summed E-state index contributed by atoms with van der Waals surface area (Å²) < 4.78 is 11.1. The van der Waals surface area contributed by atoms with E-state index < -0.39 is 0 Å². The zero-order valence-corrected chi connectivity index (χ0v) is 9.00. The minimum Gasteiger partial charge on any atom is -0.498 e. The van der Waals surface area contributed by atoms with E-state index in [1.807, 2.05) is 6.26 Å². The van der Waals surface area contributed by atoms with Crippen LogP contribution in [0.1, 0.15) is 39.0 Å². The van der Waals surface area contributed by atoms with Gasteiger partial charge in [-0.3, -0.25) is 0 Å². The summed E-state index contributed by atoms with van der Waals surface area (Å²) in [6.45, 7) is 3.95. The van der Waals surface area contributed by atoms with Gasteiger partial charge in [-0.25, -0.2) is 0 Å². The highest BCUT2D eigenvalue weighted by molar-refractivity contribution is 5.02. The average Bonchev–Trinajstić information content (AvgIpc) is 2.87. The predicted octanol–water partition coefficient (Wildman–Crippen LogP) is 2.89. The van der Waals surface area contributed by atoms with Gasteiger partial charge in [0.2, 0.25) is 0 Å². The van der Waals surface area contributed by atoms with Crippen molar-refractivity contribution in [1.82, 2.24) is 0 Å². The minimum atomic E-state index is 0.325. The maximum atomic E-state index is 5.77. The lowest BCUT2D eigenvalue weighted by Gasteiger charge is -2.17. The molecule has 2 rings (SSSR count). The molecular formula is C12H20O2. The summed E-state index contributed by atoms with van der Waals surface area (Å²) in [6.07, 6.45) is 8.67. The molecule has 80 valence electrons. The van der Waals surface area contributed by atoms with Crippen molar-refractivity contribution >= 4 is 0 Å². The predicted molar refractivity (Wildman–Crippen MR) is 56.0 cm³/mol. The van der Waals surface area contributed by atoms with E-state index in [-0.39, 0.29) is 0 Å². The Morgan fingerprint density at radius 2 is 2.21 bits per heavy atom. The summed E-state index contributed by atoms with van der Waals surface area (Å²) in [5, 5.41) is 0. The van der Waals surface area contributed by atoms with Gasteiger partial charge in [-0.2, -0.15) is 0 Å². The molecule has 2 nitrogen and oxygen atoms in total. The Bertz CT molecular complexity index is 196. The topological polar surface area (TPSA) is 18.5 Å². The van der Waals surface area contributed by atoms with Crippen molar-refractivity contribution in [3.05, 3.63) is 11.8 Å². The molecule has 1 saturated heterocycles. The molecule has 0 radical (unpaired) electrons. The smallest absolute Gasteiger partial charge is 0.100 e. The van der Waals surface area contributed by atoms with Gasteiger partial charge in [0, 0.05) is 12.5 Å². The molecule has 0 aromatic carbocycles. The van der Waals surface area contributed by atoms with Crippen LogP contribution in [0.5, 0.6) is 0 Å². The van der Waals surface area contributed by atoms with Crippen molar-refractivity contribution in [2.45, 2.75) is 45.1 Å². The van der Waals surface area contributed by atoms with Gasteiger partial charge in [-0.05, 0) is 44.6 Å². The zero-order chi connectivity index (χ0) is 9.80. The van der Waals surface area contributed by atoms with Crippen molar-refractivity contribution < 1.29 is 9.47 Å². The molecular weight excluding hydrogens is 176 g/mol. The van der Waals surface area contributed by atoms with E-state index in [1.54, 1.807) is 0 Å². The van der Waals surface area contributed by atoms with Gasteiger partial charge < -0.3 is 9.47 Å². The molecule has 2 aliphatic rings. The third kappa shape index (κ3) is 2.50. The van der Waals surface area contributed by atoms with Crippen molar-refractivity contribution in [2.24, 2.45) is 5.92 Å². The molecule has 2 fully saturated rings. The maximum Gasteiger partial charge on any atom is 0.100 e. The molecule has 0 spiro atoms. The second kappa shape index (κ2) is 4.83. The molecule has 1 saturated carbocycles. The van der Waals surface area contributed by atoms with Gasteiger partial charge in [0.15, 0.2) is 0 Å². The summed E-state index contributed by atoms with van der Waals surface area (Å²) in [6, 6.07) is 0. The Kier molecular flexibility index (Phi) is 3.46. The normalized spacial score (nSPS) is 29.2. The van der Waals surface area contributed by atoms with Gasteiger partial charge in [0.1, 0.15) is 6.10 Å². The van der Waals surface area contributed by atoms with Crippen molar-refractivity contribution in [2.75, 3.05) is 13.2 Å². The van der Waals surface area contributed by atoms with E-state index in [1.165, 1.54) is 31.3 Å². The standard InChI is InChI=1S/C12H20O2/c1-10(12-6-7-13-9-12)14-8-11-4-2-3-5-11/h8,10,12H,2-7,9H2,1H3. The molecule has 2 heteroatoms. The first-order valence-electron chi connectivity index (χ1n) is 5.77. The van der Waals surface area contributed by atoms with Gasteiger partial charge >= 0.3 is 0 Å². The molecule has 1 aliphatic heterocycles. The molecule has 14 heavy (non-hydrogen) atoms. The van der Waals surface area contributed by atoms with Crippen LogP contribution >= 0.6 is 0 Å². The Labute approximate surface area is 86.3 Å². The van der Waals surface area contributed by atoms with E-state index in [2.05, 4.69) is 6.92 Å². The third-order valence-electron chi connectivity index (χ3n) is 3.32. The number of allylic oxidation sites excluding steroid dienone is 1. The highest BCUT2D eigenvalue weighted by Crippen LogP contribution is 2.25. The fourth-order valence-corrected chi connectivity index (χ4v) is 2.18. The molecule has 2 unspecified atom stereocenters. The van der Waals surface area contributed by atoms with Crippen LogP contribution in [0, 0.1) is 5.92 Å². The summed E-state index contributed by atoms with van der Waals surface area (Å²) >= 11 is 0. The Balaban J connectivity index is 1.75. The van der Waals surface area contributed by atoms with Crippen molar-refractivity contribution in [1.29, 1.82) is 0 Å². The second-order valence-electron chi connectivity index (χ2n) is 4.45. The number of rotatable bonds is 3. The van der Waals surface area contributed by atoms with Crippen LogP contribution in [0.15, 0.2) is 11.8 Å². The Morgan fingerprint density at radius 1 is 1.43 bits per heavy atom. The van der Waals surface area contributed by atoms with E-state index in [9.17, 15) is 0 Å². The number of hydrogen-bond acceptors (Lipinski definition) is 2. The molecule has 0 bridgehead atoms. The summed E-state index contributed by atoms with van der Waals surface area (Å²) in [5.41, 5.74) is 1.50.